The Balaban J connectivity index is 2.44. The summed E-state index contributed by atoms with van der Waals surface area (Å²) in [5.74, 6) is -1.71. The van der Waals surface area contributed by atoms with E-state index in [1.807, 2.05) is 0 Å². The summed E-state index contributed by atoms with van der Waals surface area (Å²) < 4.78 is 104. The Labute approximate surface area is 223 Å². The van der Waals surface area contributed by atoms with Gasteiger partial charge in [0.15, 0.2) is 17.2 Å². The first-order valence-corrected chi connectivity index (χ1v) is 11.6. The van der Waals surface area contributed by atoms with Gasteiger partial charge in [0.1, 0.15) is 22.9 Å². The number of rotatable bonds is 6. The molecule has 0 saturated carbocycles. The molecule has 1 N–H and O–H groups in total. The van der Waals surface area contributed by atoms with Gasteiger partial charge in [-0.05, 0) is 12.1 Å². The Morgan fingerprint density at radius 1 is 1.08 bits per heavy atom. The lowest BCUT2D eigenvalue weighted by molar-refractivity contribution is -0.137. The van der Waals surface area contributed by atoms with Crippen LogP contribution in [0.15, 0.2) is 29.2 Å². The first-order chi connectivity index (χ1) is 17.6. The standard InChI is InChI=1S/C21H12Cl2F6N4O4S/c1-32(10-6-14(36-2)17(34)15(7-10)37-3)19-18(38(35)21(27,28)29)13(8-30)31-33(19)16-11(22)4-9(5-12(16)23)20(24,25)26/h4-7H,1H2,2-3H3/p+1. The van der Waals surface area contributed by atoms with Crippen molar-refractivity contribution in [1.29, 1.82) is 5.26 Å². The highest BCUT2D eigenvalue weighted by Gasteiger charge is 2.54. The second-order valence-electron chi connectivity index (χ2n) is 7.15. The number of phenols is 1. The zero-order valence-electron chi connectivity index (χ0n) is 18.9. The molecule has 0 fully saturated rings. The third kappa shape index (κ3) is 5.30. The van der Waals surface area contributed by atoms with Gasteiger partial charge < -0.3 is 19.1 Å². The van der Waals surface area contributed by atoms with Crippen LogP contribution in [-0.4, -0.2) is 45.9 Å². The maximum atomic E-state index is 13.6. The molecular weight excluding hydrogens is 589 g/mol. The Bertz CT molecular complexity index is 1420. The third-order valence-corrected chi connectivity index (χ3v) is 6.65. The number of aromatic hydroxyl groups is 1. The van der Waals surface area contributed by atoms with Crippen LogP contribution in [-0.2, 0) is 17.4 Å². The largest absolute Gasteiger partial charge is 0.604 e. The number of phenolic OH excluding ortho intramolecular Hbond substituents is 1. The summed E-state index contributed by atoms with van der Waals surface area (Å²) in [6.07, 6.45) is -4.88. The van der Waals surface area contributed by atoms with Crippen LogP contribution >= 0.6 is 23.2 Å². The van der Waals surface area contributed by atoms with E-state index in [1.165, 1.54) is 6.07 Å². The van der Waals surface area contributed by atoms with Crippen molar-refractivity contribution in [3.05, 3.63) is 45.6 Å². The van der Waals surface area contributed by atoms with Crippen molar-refractivity contribution in [3.63, 3.8) is 0 Å². The Morgan fingerprint density at radius 3 is 1.97 bits per heavy atom. The van der Waals surface area contributed by atoms with Gasteiger partial charge in [-0.3, -0.25) is 0 Å². The number of nitrogens with zero attached hydrogens (tertiary/aromatic N) is 4. The molecule has 8 nitrogen and oxygen atoms in total. The molecule has 38 heavy (non-hydrogen) atoms. The molecule has 0 amide bonds. The molecule has 0 aliphatic rings. The van der Waals surface area contributed by atoms with E-state index >= 15 is 0 Å². The van der Waals surface area contributed by atoms with Gasteiger partial charge in [-0.25, -0.2) is 0 Å². The highest BCUT2D eigenvalue weighted by atomic mass is 35.5. The first-order valence-electron chi connectivity index (χ1n) is 9.70. The molecule has 0 bridgehead atoms. The molecule has 0 spiro atoms. The van der Waals surface area contributed by atoms with Crippen LogP contribution in [0, 0.1) is 11.3 Å². The van der Waals surface area contributed by atoms with Crippen LogP contribution in [0.2, 0.25) is 10.0 Å². The fraction of sp³-hybridized carbons (Fsp3) is 0.190. The lowest BCUT2D eigenvalue weighted by Crippen LogP contribution is -2.25. The summed E-state index contributed by atoms with van der Waals surface area (Å²) >= 11 is 8.21. The Morgan fingerprint density at radius 2 is 1.58 bits per heavy atom. The number of hydrogen-bond donors (Lipinski definition) is 1. The van der Waals surface area contributed by atoms with Crippen LogP contribution in [0.1, 0.15) is 11.3 Å². The minimum atomic E-state index is -5.40. The van der Waals surface area contributed by atoms with E-state index < -0.39 is 66.3 Å². The van der Waals surface area contributed by atoms with Crippen LogP contribution in [0.5, 0.6) is 17.2 Å². The normalized spacial score (nSPS) is 12.7. The van der Waals surface area contributed by atoms with Crippen molar-refractivity contribution in [2.45, 2.75) is 16.6 Å². The fourth-order valence-corrected chi connectivity index (χ4v) is 4.74. The fourth-order valence-electron chi connectivity index (χ4n) is 3.24. The minimum absolute atomic E-state index is 0.151. The molecular formula is C21H13Cl2F6N4O4S+. The average molecular weight is 602 g/mol. The monoisotopic (exact) mass is 601 g/mol. The highest BCUT2D eigenvalue weighted by Crippen LogP contribution is 2.45. The predicted molar refractivity (Wildman–Crippen MR) is 126 cm³/mol. The number of benzene rings is 2. The first kappa shape index (κ1) is 29.2. The van der Waals surface area contributed by atoms with Crippen molar-refractivity contribution in [3.8, 4) is 29.0 Å². The number of aromatic nitrogens is 2. The van der Waals surface area contributed by atoms with Gasteiger partial charge in [-0.2, -0.15) is 23.0 Å². The molecule has 202 valence electrons. The van der Waals surface area contributed by atoms with Crippen molar-refractivity contribution in [1.82, 2.24) is 14.4 Å². The molecule has 1 unspecified atom stereocenters. The van der Waals surface area contributed by atoms with E-state index in [-0.39, 0.29) is 17.2 Å². The smallest absolute Gasteiger partial charge is 0.578 e. The van der Waals surface area contributed by atoms with Gasteiger partial charge in [0.25, 0.3) is 4.90 Å². The Kier molecular flexibility index (Phi) is 8.04. The number of ether oxygens (including phenoxy) is 2. The van der Waals surface area contributed by atoms with Crippen molar-refractivity contribution >= 4 is 52.6 Å². The molecule has 17 heteroatoms. The number of alkyl halides is 6. The lowest BCUT2D eigenvalue weighted by atomic mass is 10.2. The Hall–Kier alpha value is -3.32. The van der Waals surface area contributed by atoms with E-state index in [4.69, 9.17) is 32.7 Å². The summed E-state index contributed by atoms with van der Waals surface area (Å²) in [6, 6.07) is 4.47. The number of methoxy groups -OCH3 is 2. The summed E-state index contributed by atoms with van der Waals surface area (Å²) in [4.78, 5) is -1.19. The molecule has 1 aromatic heterocycles. The molecule has 0 aliphatic heterocycles. The molecule has 2 aromatic carbocycles. The third-order valence-electron chi connectivity index (χ3n) is 4.91. The molecule has 1 atom stereocenters. The summed E-state index contributed by atoms with van der Waals surface area (Å²) in [5, 5.41) is 22.0. The number of nitriles is 1. The van der Waals surface area contributed by atoms with Gasteiger partial charge in [0, 0.05) is 12.1 Å². The van der Waals surface area contributed by atoms with Crippen molar-refractivity contribution < 1.29 is 45.5 Å². The lowest BCUT2D eigenvalue weighted by Gasteiger charge is -2.14. The second-order valence-corrected chi connectivity index (χ2v) is 9.38. The molecule has 0 saturated heterocycles. The summed E-state index contributed by atoms with van der Waals surface area (Å²) in [5.41, 5.74) is -8.39. The van der Waals surface area contributed by atoms with Gasteiger partial charge >= 0.3 is 17.5 Å². The maximum absolute atomic E-state index is 13.6. The zero-order valence-corrected chi connectivity index (χ0v) is 21.2. The number of halogens is 8. The molecule has 0 radical (unpaired) electrons. The summed E-state index contributed by atoms with van der Waals surface area (Å²) in [7, 11) is 2.32. The average Bonchev–Trinajstić information content (AvgIpc) is 3.20. The van der Waals surface area contributed by atoms with Gasteiger partial charge in [-0.15, -0.1) is 13.2 Å². The van der Waals surface area contributed by atoms with Crippen LogP contribution in [0.3, 0.4) is 0 Å². The SMILES string of the molecule is C=[N+](c1cc(OC)c(O)c(OC)c1)c1c([S+]([O-])C(F)(F)F)c(C#N)nn1-c1c(Cl)cc(C(F)(F)F)cc1Cl. The van der Waals surface area contributed by atoms with Gasteiger partial charge in [0.2, 0.25) is 11.4 Å². The second kappa shape index (κ2) is 10.4. The predicted octanol–water partition coefficient (Wildman–Crippen LogP) is 5.96. The van der Waals surface area contributed by atoms with E-state index in [9.17, 15) is 41.3 Å². The van der Waals surface area contributed by atoms with Crippen molar-refractivity contribution in [2.75, 3.05) is 14.2 Å². The van der Waals surface area contributed by atoms with E-state index in [0.29, 0.717) is 21.4 Å². The molecule has 3 rings (SSSR count). The molecule has 0 aliphatic carbocycles. The van der Waals surface area contributed by atoms with Crippen LogP contribution in [0.4, 0.5) is 37.8 Å². The molecule has 1 heterocycles. The van der Waals surface area contributed by atoms with Crippen LogP contribution in [0.25, 0.3) is 5.69 Å². The van der Waals surface area contributed by atoms with Gasteiger partial charge in [0.05, 0.1) is 36.5 Å². The van der Waals surface area contributed by atoms with Gasteiger partial charge in [-0.1, -0.05) is 33.0 Å². The molecule has 3 aromatic rings. The zero-order chi connectivity index (χ0) is 28.7. The van der Waals surface area contributed by atoms with E-state index in [0.717, 1.165) is 26.4 Å². The minimum Gasteiger partial charge on any atom is -0.604 e. The summed E-state index contributed by atoms with van der Waals surface area (Å²) in [6.45, 7) is 3.64. The maximum Gasteiger partial charge on any atom is 0.578 e. The quantitative estimate of drug-likeness (QED) is 0.162. The van der Waals surface area contributed by atoms with Crippen molar-refractivity contribution in [2.24, 2.45) is 0 Å². The number of hydrogen-bond acceptors (Lipinski definition) is 6. The topological polar surface area (TPSA) is 106 Å². The van der Waals surface area contributed by atoms with Crippen LogP contribution < -0.4 is 14.0 Å². The van der Waals surface area contributed by atoms with E-state index in [1.54, 1.807) is 0 Å². The van der Waals surface area contributed by atoms with E-state index in [2.05, 4.69) is 11.8 Å². The highest BCUT2D eigenvalue weighted by molar-refractivity contribution is 7.92.